The molecule has 2 fully saturated rings. The lowest BCUT2D eigenvalue weighted by molar-refractivity contribution is 0.231. The summed E-state index contributed by atoms with van der Waals surface area (Å²) in [5, 5.41) is 7.58. The number of methoxy groups -OCH3 is 1. The number of ether oxygens (including phenoxy) is 1. The van der Waals surface area contributed by atoms with Gasteiger partial charge in [-0.1, -0.05) is 5.16 Å². The molecule has 6 heteroatoms. The van der Waals surface area contributed by atoms with Crippen molar-refractivity contribution < 1.29 is 9.26 Å². The molecule has 1 spiro atoms. The molecule has 1 N–H and O–H groups in total. The second kappa shape index (κ2) is 5.85. The summed E-state index contributed by atoms with van der Waals surface area (Å²) in [5.74, 6) is 1.46. The monoisotopic (exact) mass is 314 g/mol. The van der Waals surface area contributed by atoms with Gasteiger partial charge in [0.25, 0.3) is 0 Å². The Hall–Kier alpha value is -2.08. The maximum absolute atomic E-state index is 5.51. The number of rotatable bonds is 3. The maximum atomic E-state index is 5.51. The van der Waals surface area contributed by atoms with Gasteiger partial charge in [-0.2, -0.15) is 4.98 Å². The van der Waals surface area contributed by atoms with Crippen LogP contribution in [0.5, 0.6) is 5.75 Å². The molecule has 2 saturated heterocycles. The Morgan fingerprint density at radius 2 is 1.96 bits per heavy atom. The molecule has 0 amide bonds. The van der Waals surface area contributed by atoms with Gasteiger partial charge in [-0.05, 0) is 62.0 Å². The predicted molar refractivity (Wildman–Crippen MR) is 87.7 cm³/mol. The van der Waals surface area contributed by atoms with Crippen LogP contribution < -0.4 is 15.0 Å². The van der Waals surface area contributed by atoms with Gasteiger partial charge in [-0.25, -0.2) is 0 Å². The normalized spacial score (nSPS) is 20.1. The van der Waals surface area contributed by atoms with E-state index in [1.165, 1.54) is 19.3 Å². The molecule has 0 unspecified atom stereocenters. The van der Waals surface area contributed by atoms with Crippen LogP contribution in [0.1, 0.15) is 19.3 Å². The second-order valence-corrected chi connectivity index (χ2v) is 6.55. The van der Waals surface area contributed by atoms with Crippen molar-refractivity contribution >= 4 is 6.01 Å². The number of nitrogens with one attached hydrogen (secondary N) is 1. The molecule has 1 aromatic carbocycles. The average molecular weight is 314 g/mol. The lowest BCUT2D eigenvalue weighted by Crippen LogP contribution is -2.38. The summed E-state index contributed by atoms with van der Waals surface area (Å²) in [5.41, 5.74) is 1.37. The summed E-state index contributed by atoms with van der Waals surface area (Å²) < 4.78 is 10.7. The van der Waals surface area contributed by atoms with Crippen molar-refractivity contribution in [3.63, 3.8) is 0 Å². The van der Waals surface area contributed by atoms with Crippen LogP contribution >= 0.6 is 0 Å². The zero-order valence-corrected chi connectivity index (χ0v) is 13.4. The van der Waals surface area contributed by atoms with Gasteiger partial charge in [0.2, 0.25) is 5.82 Å². The minimum absolute atomic E-state index is 0.431. The number of anilines is 1. The molecule has 1 aromatic heterocycles. The fourth-order valence-electron chi connectivity index (χ4n) is 3.66. The highest BCUT2D eigenvalue weighted by Crippen LogP contribution is 2.40. The molecule has 0 aliphatic carbocycles. The Bertz CT molecular complexity index is 661. The van der Waals surface area contributed by atoms with E-state index in [4.69, 9.17) is 9.26 Å². The van der Waals surface area contributed by atoms with Crippen LogP contribution in [0.25, 0.3) is 11.4 Å². The summed E-state index contributed by atoms with van der Waals surface area (Å²) in [6, 6.07) is 8.36. The van der Waals surface area contributed by atoms with Crippen LogP contribution in [0.4, 0.5) is 6.01 Å². The molecule has 4 rings (SSSR count). The first-order valence-electron chi connectivity index (χ1n) is 8.22. The van der Waals surface area contributed by atoms with Gasteiger partial charge in [-0.3, -0.25) is 0 Å². The molecular weight excluding hydrogens is 292 g/mol. The van der Waals surface area contributed by atoms with Gasteiger partial charge < -0.3 is 19.5 Å². The number of nitrogens with zero attached hydrogens (tertiary/aromatic N) is 3. The van der Waals surface area contributed by atoms with Crippen LogP contribution in [0.3, 0.4) is 0 Å². The molecule has 3 heterocycles. The zero-order chi connectivity index (χ0) is 15.7. The number of hydrogen-bond donors (Lipinski definition) is 1. The first kappa shape index (κ1) is 14.5. The molecule has 2 aliphatic rings. The predicted octanol–water partition coefficient (Wildman–Crippen LogP) is 2.33. The Kier molecular flexibility index (Phi) is 3.69. The molecule has 2 aliphatic heterocycles. The molecule has 0 saturated carbocycles. The molecule has 0 radical (unpaired) electrons. The molecular formula is C17H22N4O2. The number of benzene rings is 1. The van der Waals surface area contributed by atoms with E-state index in [1.807, 2.05) is 24.3 Å². The summed E-state index contributed by atoms with van der Waals surface area (Å²) >= 11 is 0. The van der Waals surface area contributed by atoms with Crippen LogP contribution in [0.15, 0.2) is 28.8 Å². The summed E-state index contributed by atoms with van der Waals surface area (Å²) in [4.78, 5) is 6.83. The van der Waals surface area contributed by atoms with E-state index in [-0.39, 0.29) is 0 Å². The average Bonchev–Trinajstić information content (AvgIpc) is 3.23. The first-order valence-corrected chi connectivity index (χ1v) is 8.22. The summed E-state index contributed by atoms with van der Waals surface area (Å²) in [7, 11) is 1.66. The van der Waals surface area contributed by atoms with Crippen LogP contribution in [-0.4, -0.2) is 43.4 Å². The zero-order valence-electron chi connectivity index (χ0n) is 13.4. The van der Waals surface area contributed by atoms with Crippen molar-refractivity contribution in [1.82, 2.24) is 15.5 Å². The van der Waals surface area contributed by atoms with Crippen molar-refractivity contribution in [3.05, 3.63) is 24.3 Å². The molecule has 0 atom stereocenters. The molecule has 6 nitrogen and oxygen atoms in total. The van der Waals surface area contributed by atoms with Crippen molar-refractivity contribution in [2.45, 2.75) is 19.3 Å². The highest BCUT2D eigenvalue weighted by atomic mass is 16.5. The van der Waals surface area contributed by atoms with E-state index >= 15 is 0 Å². The Morgan fingerprint density at radius 1 is 1.17 bits per heavy atom. The topological polar surface area (TPSA) is 63.4 Å². The van der Waals surface area contributed by atoms with Gasteiger partial charge in [0.05, 0.1) is 7.11 Å². The van der Waals surface area contributed by atoms with E-state index in [2.05, 4.69) is 20.4 Å². The summed E-state index contributed by atoms with van der Waals surface area (Å²) in [6.45, 7) is 4.27. The summed E-state index contributed by atoms with van der Waals surface area (Å²) in [6.07, 6.45) is 3.70. The van der Waals surface area contributed by atoms with Gasteiger partial charge in [0.15, 0.2) is 0 Å². The molecule has 23 heavy (non-hydrogen) atoms. The second-order valence-electron chi connectivity index (χ2n) is 6.55. The molecule has 2 aromatic rings. The lowest BCUT2D eigenvalue weighted by atomic mass is 9.78. The third-order valence-corrected chi connectivity index (χ3v) is 5.14. The van der Waals surface area contributed by atoms with Gasteiger partial charge >= 0.3 is 6.01 Å². The van der Waals surface area contributed by atoms with Crippen LogP contribution in [0, 0.1) is 5.41 Å². The van der Waals surface area contributed by atoms with E-state index in [0.29, 0.717) is 17.3 Å². The lowest BCUT2D eigenvalue weighted by Gasteiger charge is -2.33. The Labute approximate surface area is 135 Å². The molecule has 0 bridgehead atoms. The largest absolute Gasteiger partial charge is 0.497 e. The van der Waals surface area contributed by atoms with Crippen LogP contribution in [-0.2, 0) is 0 Å². The van der Waals surface area contributed by atoms with Gasteiger partial charge in [0, 0.05) is 18.7 Å². The highest BCUT2D eigenvalue weighted by Gasteiger charge is 2.40. The van der Waals surface area contributed by atoms with E-state index < -0.39 is 0 Å². The Balaban J connectivity index is 1.49. The number of hydrogen-bond acceptors (Lipinski definition) is 6. The minimum atomic E-state index is 0.431. The van der Waals surface area contributed by atoms with Crippen molar-refractivity contribution in [2.24, 2.45) is 5.41 Å². The van der Waals surface area contributed by atoms with Crippen LogP contribution in [0.2, 0.25) is 0 Å². The standard InChI is InChI=1S/C17H22N4O2/c1-22-14-4-2-13(3-5-14)15-19-16(23-20-15)21-11-8-17(12-21)6-9-18-10-7-17/h2-5,18H,6-12H2,1H3. The number of piperidine rings is 1. The van der Waals surface area contributed by atoms with E-state index in [9.17, 15) is 0 Å². The van der Waals surface area contributed by atoms with Crippen molar-refractivity contribution in [2.75, 3.05) is 38.2 Å². The smallest absolute Gasteiger partial charge is 0.324 e. The molecule has 122 valence electrons. The third-order valence-electron chi connectivity index (χ3n) is 5.14. The third kappa shape index (κ3) is 2.79. The van der Waals surface area contributed by atoms with Gasteiger partial charge in [0.1, 0.15) is 5.75 Å². The highest BCUT2D eigenvalue weighted by molar-refractivity contribution is 5.57. The SMILES string of the molecule is COc1ccc(-c2noc(N3CCC4(CCNCC4)C3)n2)cc1. The van der Waals surface area contributed by atoms with E-state index in [0.717, 1.165) is 37.5 Å². The number of aromatic nitrogens is 2. The quantitative estimate of drug-likeness (QED) is 0.938. The fraction of sp³-hybridized carbons (Fsp3) is 0.529. The maximum Gasteiger partial charge on any atom is 0.324 e. The Morgan fingerprint density at radius 3 is 2.70 bits per heavy atom. The minimum Gasteiger partial charge on any atom is -0.497 e. The fourth-order valence-corrected chi connectivity index (χ4v) is 3.66. The van der Waals surface area contributed by atoms with Gasteiger partial charge in [-0.15, -0.1) is 0 Å². The van der Waals surface area contributed by atoms with Crippen molar-refractivity contribution in [3.8, 4) is 17.1 Å². The van der Waals surface area contributed by atoms with Crippen molar-refractivity contribution in [1.29, 1.82) is 0 Å². The first-order chi connectivity index (χ1) is 11.3. The van der Waals surface area contributed by atoms with E-state index in [1.54, 1.807) is 7.11 Å².